The standard InChI is InChI=1S/C16H29N3O/c1-3-9-17-14(7-8-15-6-5-12-20-15)13-16-18-10-11-19(16)4-2/h10-11,14-15,17H,3-9,12-13H2,1-2H3. The van der Waals surface area contributed by atoms with E-state index in [4.69, 9.17) is 4.74 Å². The van der Waals surface area contributed by atoms with Crippen molar-refractivity contribution in [2.45, 2.75) is 71.1 Å². The van der Waals surface area contributed by atoms with Crippen LogP contribution in [0.15, 0.2) is 12.4 Å². The number of hydrogen-bond acceptors (Lipinski definition) is 3. The summed E-state index contributed by atoms with van der Waals surface area (Å²) >= 11 is 0. The predicted octanol–water partition coefficient (Wildman–Crippen LogP) is 2.77. The highest BCUT2D eigenvalue weighted by molar-refractivity contribution is 4.95. The van der Waals surface area contributed by atoms with Crippen LogP contribution in [0.3, 0.4) is 0 Å². The molecule has 0 aliphatic carbocycles. The number of aryl methyl sites for hydroxylation is 1. The molecule has 0 saturated carbocycles. The van der Waals surface area contributed by atoms with Crippen LogP contribution in [0.2, 0.25) is 0 Å². The van der Waals surface area contributed by atoms with Gasteiger partial charge in [0, 0.05) is 38.0 Å². The van der Waals surface area contributed by atoms with Crippen LogP contribution in [-0.2, 0) is 17.7 Å². The van der Waals surface area contributed by atoms with Gasteiger partial charge in [0.25, 0.3) is 0 Å². The molecule has 0 aromatic carbocycles. The van der Waals surface area contributed by atoms with Crippen LogP contribution < -0.4 is 5.32 Å². The molecule has 0 spiro atoms. The second-order valence-corrected chi connectivity index (χ2v) is 5.70. The zero-order valence-corrected chi connectivity index (χ0v) is 13.0. The lowest BCUT2D eigenvalue weighted by molar-refractivity contribution is 0.0994. The van der Waals surface area contributed by atoms with E-state index in [9.17, 15) is 0 Å². The average Bonchev–Trinajstić information content (AvgIpc) is 3.12. The lowest BCUT2D eigenvalue weighted by Crippen LogP contribution is -2.33. The second kappa shape index (κ2) is 8.42. The van der Waals surface area contributed by atoms with Gasteiger partial charge in [0.05, 0.1) is 6.10 Å². The first kappa shape index (κ1) is 15.5. The number of hydrogen-bond donors (Lipinski definition) is 1. The van der Waals surface area contributed by atoms with E-state index in [-0.39, 0.29) is 0 Å². The van der Waals surface area contributed by atoms with Gasteiger partial charge in [0.1, 0.15) is 5.82 Å². The minimum Gasteiger partial charge on any atom is -0.378 e. The monoisotopic (exact) mass is 279 g/mol. The van der Waals surface area contributed by atoms with Gasteiger partial charge in [-0.3, -0.25) is 0 Å². The first-order chi connectivity index (χ1) is 9.83. The minimum atomic E-state index is 0.492. The summed E-state index contributed by atoms with van der Waals surface area (Å²) < 4.78 is 7.98. The summed E-state index contributed by atoms with van der Waals surface area (Å²) in [7, 11) is 0. The Kier molecular flexibility index (Phi) is 6.54. The van der Waals surface area contributed by atoms with Gasteiger partial charge in [0.2, 0.25) is 0 Å². The van der Waals surface area contributed by atoms with Gasteiger partial charge in [0.15, 0.2) is 0 Å². The molecule has 0 bridgehead atoms. The van der Waals surface area contributed by atoms with E-state index >= 15 is 0 Å². The molecule has 1 aromatic rings. The lowest BCUT2D eigenvalue weighted by Gasteiger charge is -2.20. The lowest BCUT2D eigenvalue weighted by atomic mass is 10.0. The van der Waals surface area contributed by atoms with E-state index in [0.29, 0.717) is 12.1 Å². The highest BCUT2D eigenvalue weighted by Crippen LogP contribution is 2.18. The SMILES string of the molecule is CCCNC(CCC1CCCO1)Cc1nccn1CC. The van der Waals surface area contributed by atoms with Crippen LogP contribution in [0.4, 0.5) is 0 Å². The number of imidazole rings is 1. The fourth-order valence-electron chi connectivity index (χ4n) is 2.92. The van der Waals surface area contributed by atoms with Crippen molar-refractivity contribution in [1.82, 2.24) is 14.9 Å². The van der Waals surface area contributed by atoms with Crippen molar-refractivity contribution >= 4 is 0 Å². The zero-order chi connectivity index (χ0) is 14.2. The molecular weight excluding hydrogens is 250 g/mol. The maximum Gasteiger partial charge on any atom is 0.110 e. The van der Waals surface area contributed by atoms with Gasteiger partial charge in [-0.1, -0.05) is 6.92 Å². The summed E-state index contributed by atoms with van der Waals surface area (Å²) in [6, 6.07) is 0.520. The number of ether oxygens (including phenoxy) is 1. The van der Waals surface area contributed by atoms with Gasteiger partial charge >= 0.3 is 0 Å². The highest BCUT2D eigenvalue weighted by atomic mass is 16.5. The molecule has 2 heterocycles. The molecule has 114 valence electrons. The molecule has 2 atom stereocenters. The second-order valence-electron chi connectivity index (χ2n) is 5.70. The van der Waals surface area contributed by atoms with E-state index in [1.807, 2.05) is 6.20 Å². The maximum absolute atomic E-state index is 5.74. The minimum absolute atomic E-state index is 0.492. The molecule has 4 heteroatoms. The topological polar surface area (TPSA) is 39.1 Å². The van der Waals surface area contributed by atoms with Crippen LogP contribution in [0.5, 0.6) is 0 Å². The third-order valence-corrected chi connectivity index (χ3v) is 4.12. The summed E-state index contributed by atoms with van der Waals surface area (Å²) in [5.41, 5.74) is 0. The maximum atomic E-state index is 5.74. The van der Waals surface area contributed by atoms with Gasteiger partial charge in [-0.2, -0.15) is 0 Å². The van der Waals surface area contributed by atoms with Crippen LogP contribution in [0.1, 0.15) is 51.8 Å². The molecule has 4 nitrogen and oxygen atoms in total. The highest BCUT2D eigenvalue weighted by Gasteiger charge is 2.19. The van der Waals surface area contributed by atoms with Crippen molar-refractivity contribution in [3.05, 3.63) is 18.2 Å². The third-order valence-electron chi connectivity index (χ3n) is 4.12. The molecular formula is C16H29N3O. The first-order valence-corrected chi connectivity index (χ1v) is 8.18. The molecule has 0 amide bonds. The number of aromatic nitrogens is 2. The van der Waals surface area contributed by atoms with Crippen molar-refractivity contribution < 1.29 is 4.74 Å². The Morgan fingerprint density at radius 1 is 1.50 bits per heavy atom. The van der Waals surface area contributed by atoms with Gasteiger partial charge in [-0.05, 0) is 45.6 Å². The van der Waals surface area contributed by atoms with Gasteiger partial charge < -0.3 is 14.6 Å². The molecule has 1 N–H and O–H groups in total. The summed E-state index contributed by atoms with van der Waals surface area (Å²) in [4.78, 5) is 4.51. The van der Waals surface area contributed by atoms with Crippen LogP contribution in [0, 0.1) is 0 Å². The van der Waals surface area contributed by atoms with Crippen molar-refractivity contribution in [3.8, 4) is 0 Å². The van der Waals surface area contributed by atoms with Gasteiger partial charge in [-0.25, -0.2) is 4.98 Å². The first-order valence-electron chi connectivity index (χ1n) is 8.18. The van der Waals surface area contributed by atoms with Crippen molar-refractivity contribution in [2.75, 3.05) is 13.2 Å². The summed E-state index contributed by atoms with van der Waals surface area (Å²) in [6.45, 7) is 7.44. The Balaban J connectivity index is 1.85. The van der Waals surface area contributed by atoms with Crippen molar-refractivity contribution in [3.63, 3.8) is 0 Å². The molecule has 20 heavy (non-hydrogen) atoms. The average molecular weight is 279 g/mol. The molecule has 2 unspecified atom stereocenters. The summed E-state index contributed by atoms with van der Waals surface area (Å²) in [5.74, 6) is 1.20. The van der Waals surface area contributed by atoms with Crippen molar-refractivity contribution in [1.29, 1.82) is 0 Å². The number of rotatable bonds is 9. The largest absolute Gasteiger partial charge is 0.378 e. The Morgan fingerprint density at radius 2 is 2.40 bits per heavy atom. The molecule has 1 fully saturated rings. The van der Waals surface area contributed by atoms with Crippen molar-refractivity contribution in [2.24, 2.45) is 0 Å². The fraction of sp³-hybridized carbons (Fsp3) is 0.812. The van der Waals surface area contributed by atoms with E-state index in [1.165, 1.54) is 37.9 Å². The van der Waals surface area contributed by atoms with E-state index < -0.39 is 0 Å². The van der Waals surface area contributed by atoms with E-state index in [2.05, 4.69) is 34.9 Å². The number of nitrogens with one attached hydrogen (secondary N) is 1. The smallest absolute Gasteiger partial charge is 0.110 e. The van der Waals surface area contributed by atoms with E-state index in [1.54, 1.807) is 0 Å². The predicted molar refractivity (Wildman–Crippen MR) is 81.9 cm³/mol. The Hall–Kier alpha value is -0.870. The molecule has 2 rings (SSSR count). The van der Waals surface area contributed by atoms with Gasteiger partial charge in [-0.15, -0.1) is 0 Å². The normalized spacial score (nSPS) is 20.4. The fourth-order valence-corrected chi connectivity index (χ4v) is 2.92. The Labute approximate surface area is 122 Å². The Bertz CT molecular complexity index is 372. The molecule has 1 aromatic heterocycles. The summed E-state index contributed by atoms with van der Waals surface area (Å²) in [5, 5.41) is 3.67. The summed E-state index contributed by atoms with van der Waals surface area (Å²) in [6.07, 6.45) is 11.5. The van der Waals surface area contributed by atoms with E-state index in [0.717, 1.165) is 26.1 Å². The van der Waals surface area contributed by atoms with Crippen LogP contribution in [-0.4, -0.2) is 34.8 Å². The van der Waals surface area contributed by atoms with Crippen LogP contribution >= 0.6 is 0 Å². The third kappa shape index (κ3) is 4.60. The Morgan fingerprint density at radius 3 is 3.10 bits per heavy atom. The molecule has 1 saturated heterocycles. The quantitative estimate of drug-likeness (QED) is 0.755. The molecule has 1 aliphatic heterocycles. The number of nitrogens with zero attached hydrogens (tertiary/aromatic N) is 2. The zero-order valence-electron chi connectivity index (χ0n) is 13.0. The molecule has 1 aliphatic rings. The van der Waals surface area contributed by atoms with Crippen LogP contribution in [0.25, 0.3) is 0 Å². The molecule has 0 radical (unpaired) electrons.